The number of fused-ring (bicyclic) bond motifs is 2. The second kappa shape index (κ2) is 9.90. The molecule has 6 heteroatoms. The number of carbonyl (C=O) groups is 2. The van der Waals surface area contributed by atoms with E-state index >= 15 is 0 Å². The Morgan fingerprint density at radius 2 is 1.77 bits per heavy atom. The normalized spacial score (nSPS) is 18.9. The minimum atomic E-state index is -0.117. The highest BCUT2D eigenvalue weighted by Crippen LogP contribution is 2.32. The van der Waals surface area contributed by atoms with Crippen LogP contribution in [0.4, 0.5) is 0 Å². The summed E-state index contributed by atoms with van der Waals surface area (Å²) in [5, 5.41) is 5.39. The van der Waals surface area contributed by atoms with Crippen molar-refractivity contribution in [1.29, 1.82) is 0 Å². The summed E-state index contributed by atoms with van der Waals surface area (Å²) < 4.78 is 7.04. The standard InChI is InChI=1S/C29H31N3O3/c1-19(20-11-13-23(14-12-20)29(34)35-2)31-28(33)25-10-4-7-22-15-17-32(27(22)25)18-24-8-3-6-21-9-5-16-30-26(21)24/h3-10,15-17,19-20,23H,11-14,18H2,1-2H3,(H,31,33). The van der Waals surface area contributed by atoms with Crippen LogP contribution < -0.4 is 5.32 Å². The smallest absolute Gasteiger partial charge is 0.308 e. The van der Waals surface area contributed by atoms with E-state index in [1.807, 2.05) is 36.7 Å². The van der Waals surface area contributed by atoms with Crippen LogP contribution in [0.15, 0.2) is 67.0 Å². The van der Waals surface area contributed by atoms with Gasteiger partial charge < -0.3 is 14.6 Å². The number of amides is 1. The second-order valence-corrected chi connectivity index (χ2v) is 9.58. The van der Waals surface area contributed by atoms with Gasteiger partial charge in [0.2, 0.25) is 0 Å². The highest BCUT2D eigenvalue weighted by atomic mass is 16.5. The quantitative estimate of drug-likeness (QED) is 0.387. The molecule has 2 heterocycles. The first-order valence-corrected chi connectivity index (χ1v) is 12.3. The number of benzene rings is 2. The molecular formula is C29H31N3O3. The molecule has 1 aliphatic rings. The number of aromatic nitrogens is 2. The first-order valence-electron chi connectivity index (χ1n) is 12.3. The van der Waals surface area contributed by atoms with Crippen molar-refractivity contribution in [3.8, 4) is 0 Å². The molecule has 6 nitrogen and oxygen atoms in total. The van der Waals surface area contributed by atoms with Crippen LogP contribution >= 0.6 is 0 Å². The Bertz CT molecular complexity index is 1360. The average molecular weight is 470 g/mol. The van der Waals surface area contributed by atoms with Crippen molar-refractivity contribution in [2.75, 3.05) is 7.11 Å². The Morgan fingerprint density at radius 1 is 1.03 bits per heavy atom. The number of rotatable bonds is 6. The summed E-state index contributed by atoms with van der Waals surface area (Å²) in [4.78, 5) is 29.9. The zero-order valence-corrected chi connectivity index (χ0v) is 20.2. The van der Waals surface area contributed by atoms with Crippen LogP contribution in [0.3, 0.4) is 0 Å². The van der Waals surface area contributed by atoms with Gasteiger partial charge in [-0.25, -0.2) is 0 Å². The number of hydrogen-bond acceptors (Lipinski definition) is 4. The van der Waals surface area contributed by atoms with Crippen LogP contribution in [0.1, 0.15) is 48.5 Å². The molecular weight excluding hydrogens is 438 g/mol. The maximum atomic E-state index is 13.4. The molecule has 1 atom stereocenters. The Morgan fingerprint density at radius 3 is 2.57 bits per heavy atom. The molecule has 2 aromatic heterocycles. The van der Waals surface area contributed by atoms with E-state index < -0.39 is 0 Å². The van der Waals surface area contributed by atoms with Gasteiger partial charge in [-0.15, -0.1) is 0 Å². The van der Waals surface area contributed by atoms with Crippen molar-refractivity contribution in [1.82, 2.24) is 14.9 Å². The summed E-state index contributed by atoms with van der Waals surface area (Å²) in [6.45, 7) is 2.71. The lowest BCUT2D eigenvalue weighted by Crippen LogP contribution is -2.40. The number of para-hydroxylation sites is 2. The minimum absolute atomic E-state index is 0.0141. The largest absolute Gasteiger partial charge is 0.469 e. The lowest BCUT2D eigenvalue weighted by atomic mass is 9.79. The van der Waals surface area contributed by atoms with Crippen LogP contribution in [0.5, 0.6) is 0 Å². The zero-order chi connectivity index (χ0) is 24.4. The topological polar surface area (TPSA) is 73.2 Å². The molecule has 4 aromatic rings. The average Bonchev–Trinajstić information content (AvgIpc) is 3.31. The number of carbonyl (C=O) groups excluding carboxylic acids is 2. The maximum Gasteiger partial charge on any atom is 0.308 e. The Balaban J connectivity index is 1.36. The number of ether oxygens (including phenoxy) is 1. The number of pyridine rings is 1. The third kappa shape index (κ3) is 4.65. The number of nitrogens with one attached hydrogen (secondary N) is 1. The Hall–Kier alpha value is -3.67. The van der Waals surface area contributed by atoms with Crippen molar-refractivity contribution in [2.45, 2.75) is 45.2 Å². The Labute approximate surface area is 205 Å². The molecule has 5 rings (SSSR count). The van der Waals surface area contributed by atoms with Crippen LogP contribution in [0, 0.1) is 11.8 Å². The summed E-state index contributed by atoms with van der Waals surface area (Å²) in [6.07, 6.45) is 7.31. The number of hydrogen-bond donors (Lipinski definition) is 1. The molecule has 0 aliphatic heterocycles. The molecule has 1 N–H and O–H groups in total. The van der Waals surface area contributed by atoms with Gasteiger partial charge >= 0.3 is 5.97 Å². The molecule has 0 radical (unpaired) electrons. The molecule has 0 spiro atoms. The number of methoxy groups -OCH3 is 1. The molecule has 1 aliphatic carbocycles. The zero-order valence-electron chi connectivity index (χ0n) is 20.2. The predicted octanol–water partition coefficient (Wildman–Crippen LogP) is 5.34. The fourth-order valence-corrected chi connectivity index (χ4v) is 5.48. The third-order valence-corrected chi connectivity index (χ3v) is 7.46. The van der Waals surface area contributed by atoms with Crippen LogP contribution in [0.25, 0.3) is 21.8 Å². The highest BCUT2D eigenvalue weighted by Gasteiger charge is 2.30. The summed E-state index contributed by atoms with van der Waals surface area (Å²) in [7, 11) is 1.45. The van der Waals surface area contributed by atoms with Crippen molar-refractivity contribution in [3.05, 3.63) is 78.1 Å². The molecule has 0 bridgehead atoms. The van der Waals surface area contributed by atoms with E-state index in [4.69, 9.17) is 4.74 Å². The maximum absolute atomic E-state index is 13.4. The van der Waals surface area contributed by atoms with Crippen molar-refractivity contribution in [3.63, 3.8) is 0 Å². The van der Waals surface area contributed by atoms with E-state index in [1.165, 1.54) is 7.11 Å². The van der Waals surface area contributed by atoms with Gasteiger partial charge in [-0.3, -0.25) is 14.6 Å². The van der Waals surface area contributed by atoms with Crippen LogP contribution in [-0.2, 0) is 16.1 Å². The van der Waals surface area contributed by atoms with E-state index in [2.05, 4.69) is 52.1 Å². The molecule has 180 valence electrons. The minimum Gasteiger partial charge on any atom is -0.469 e. The van der Waals surface area contributed by atoms with Crippen LogP contribution in [-0.4, -0.2) is 34.6 Å². The fourth-order valence-electron chi connectivity index (χ4n) is 5.48. The lowest BCUT2D eigenvalue weighted by Gasteiger charge is -2.31. The van der Waals surface area contributed by atoms with E-state index in [0.29, 0.717) is 18.0 Å². The molecule has 0 saturated heterocycles. The molecule has 35 heavy (non-hydrogen) atoms. The van der Waals surface area contributed by atoms with Crippen molar-refractivity contribution >= 4 is 33.7 Å². The predicted molar refractivity (Wildman–Crippen MR) is 137 cm³/mol. The third-order valence-electron chi connectivity index (χ3n) is 7.46. The summed E-state index contributed by atoms with van der Waals surface area (Å²) >= 11 is 0. The van der Waals surface area contributed by atoms with E-state index in [1.54, 1.807) is 0 Å². The molecule has 1 fully saturated rings. The summed E-state index contributed by atoms with van der Waals surface area (Å²) in [5.74, 6) is 0.162. The second-order valence-electron chi connectivity index (χ2n) is 9.58. The first kappa shape index (κ1) is 23.1. The first-order chi connectivity index (χ1) is 17.0. The monoisotopic (exact) mass is 469 g/mol. The van der Waals surface area contributed by atoms with E-state index in [9.17, 15) is 9.59 Å². The van der Waals surface area contributed by atoms with Gasteiger partial charge in [0, 0.05) is 35.8 Å². The Kier molecular flexibility index (Phi) is 6.53. The van der Waals surface area contributed by atoms with Crippen molar-refractivity contribution < 1.29 is 14.3 Å². The van der Waals surface area contributed by atoms with Gasteiger partial charge in [0.1, 0.15) is 0 Å². The summed E-state index contributed by atoms with van der Waals surface area (Å²) in [5.41, 5.74) is 3.71. The van der Waals surface area contributed by atoms with Gasteiger partial charge in [0.15, 0.2) is 0 Å². The lowest BCUT2D eigenvalue weighted by molar-refractivity contribution is -0.146. The summed E-state index contributed by atoms with van der Waals surface area (Å²) in [6, 6.07) is 18.2. The number of esters is 1. The van der Waals surface area contributed by atoms with Gasteiger partial charge in [-0.1, -0.05) is 36.4 Å². The van der Waals surface area contributed by atoms with E-state index in [-0.39, 0.29) is 23.8 Å². The SMILES string of the molecule is COC(=O)C1CCC(C(C)NC(=O)c2cccc3ccn(Cc4cccc5cccnc45)c23)CC1. The van der Waals surface area contributed by atoms with Crippen molar-refractivity contribution in [2.24, 2.45) is 11.8 Å². The van der Waals surface area contributed by atoms with Crippen LogP contribution in [0.2, 0.25) is 0 Å². The van der Waals surface area contributed by atoms with Gasteiger partial charge in [-0.05, 0) is 62.3 Å². The highest BCUT2D eigenvalue weighted by molar-refractivity contribution is 6.06. The van der Waals surface area contributed by atoms with Gasteiger partial charge in [-0.2, -0.15) is 0 Å². The molecule has 1 unspecified atom stereocenters. The molecule has 2 aromatic carbocycles. The van der Waals surface area contributed by atoms with E-state index in [0.717, 1.165) is 53.1 Å². The molecule has 1 saturated carbocycles. The fraction of sp³-hybridized carbons (Fsp3) is 0.345. The van der Waals surface area contributed by atoms with Gasteiger partial charge in [0.25, 0.3) is 5.91 Å². The number of nitrogens with zero attached hydrogens (tertiary/aromatic N) is 2. The van der Waals surface area contributed by atoms with Gasteiger partial charge in [0.05, 0.1) is 29.6 Å². The molecule has 1 amide bonds.